The first-order valence-electron chi connectivity index (χ1n) is 6.27. The van der Waals surface area contributed by atoms with E-state index in [0.717, 1.165) is 0 Å². The van der Waals surface area contributed by atoms with Gasteiger partial charge in [0.25, 0.3) is 6.47 Å². The second-order valence-electron chi connectivity index (χ2n) is 4.64. The van der Waals surface area contributed by atoms with Crippen molar-refractivity contribution >= 4 is 6.47 Å². The van der Waals surface area contributed by atoms with Gasteiger partial charge in [0.15, 0.2) is 0 Å². The maximum Gasteiger partial charge on any atom is 0.293 e. The Morgan fingerprint density at radius 1 is 1.13 bits per heavy atom. The molecule has 0 saturated carbocycles. The minimum absolute atomic E-state index is 0.539. The van der Waals surface area contributed by atoms with Crippen molar-refractivity contribution in [3.63, 3.8) is 0 Å². The van der Waals surface area contributed by atoms with Crippen molar-refractivity contribution in [3.8, 4) is 0 Å². The molecule has 0 saturated heterocycles. The fourth-order valence-electron chi connectivity index (χ4n) is 1.78. The predicted octanol–water partition coefficient (Wildman–Crippen LogP) is 3.79. The van der Waals surface area contributed by atoms with E-state index in [0.29, 0.717) is 24.9 Å². The Kier molecular flexibility index (Phi) is 9.65. The Morgan fingerprint density at radius 3 is 2.33 bits per heavy atom. The smallest absolute Gasteiger partial charge is 0.293 e. The molecule has 2 heteroatoms. The lowest BCUT2D eigenvalue weighted by Crippen LogP contribution is -2.15. The lowest BCUT2D eigenvalue weighted by molar-refractivity contribution is -0.130. The number of rotatable bonds is 10. The van der Waals surface area contributed by atoms with Crippen LogP contribution in [0.4, 0.5) is 0 Å². The maximum absolute atomic E-state index is 10.1. The summed E-state index contributed by atoms with van der Waals surface area (Å²) in [5.41, 5.74) is 0. The fourth-order valence-corrected chi connectivity index (χ4v) is 1.78. The molecule has 0 spiro atoms. The standard InChI is InChI=1S/C13H26O2/c1-4-5-6-7-8-9-13(12(2)3)10-15-11-14/h11-13H,4-10H2,1-3H3. The highest BCUT2D eigenvalue weighted by atomic mass is 16.5. The zero-order valence-electron chi connectivity index (χ0n) is 10.5. The van der Waals surface area contributed by atoms with Crippen LogP contribution in [0.1, 0.15) is 59.3 Å². The van der Waals surface area contributed by atoms with Crippen molar-refractivity contribution in [2.45, 2.75) is 59.3 Å². The summed E-state index contributed by atoms with van der Waals surface area (Å²) < 4.78 is 4.85. The Hall–Kier alpha value is -0.530. The molecule has 0 aromatic heterocycles. The Bertz CT molecular complexity index is 143. The fraction of sp³-hybridized carbons (Fsp3) is 0.923. The van der Waals surface area contributed by atoms with E-state index >= 15 is 0 Å². The van der Waals surface area contributed by atoms with Crippen molar-refractivity contribution in [1.29, 1.82) is 0 Å². The molecule has 1 unspecified atom stereocenters. The molecule has 0 aliphatic heterocycles. The Labute approximate surface area is 94.4 Å². The summed E-state index contributed by atoms with van der Waals surface area (Å²) in [6.07, 6.45) is 7.76. The van der Waals surface area contributed by atoms with Gasteiger partial charge in [0.2, 0.25) is 0 Å². The molecule has 0 amide bonds. The number of ether oxygens (including phenoxy) is 1. The van der Waals surface area contributed by atoms with Gasteiger partial charge >= 0.3 is 0 Å². The van der Waals surface area contributed by atoms with E-state index in [-0.39, 0.29) is 0 Å². The van der Waals surface area contributed by atoms with Crippen molar-refractivity contribution < 1.29 is 9.53 Å². The van der Waals surface area contributed by atoms with Crippen molar-refractivity contribution in [3.05, 3.63) is 0 Å². The topological polar surface area (TPSA) is 26.3 Å². The van der Waals surface area contributed by atoms with E-state index in [1.54, 1.807) is 0 Å². The van der Waals surface area contributed by atoms with Gasteiger partial charge in [0.05, 0.1) is 6.61 Å². The number of carbonyl (C=O) groups excluding carboxylic acids is 1. The van der Waals surface area contributed by atoms with Crippen LogP contribution >= 0.6 is 0 Å². The molecule has 0 aromatic carbocycles. The molecule has 0 N–H and O–H groups in total. The average molecular weight is 214 g/mol. The Morgan fingerprint density at radius 2 is 1.80 bits per heavy atom. The highest BCUT2D eigenvalue weighted by Crippen LogP contribution is 2.19. The number of carbonyl (C=O) groups is 1. The Balaban J connectivity index is 3.52. The second kappa shape index (κ2) is 10.0. The van der Waals surface area contributed by atoms with E-state index in [4.69, 9.17) is 4.74 Å². The minimum atomic E-state index is 0.539. The molecule has 90 valence electrons. The van der Waals surface area contributed by atoms with Gasteiger partial charge in [0.1, 0.15) is 0 Å². The SMILES string of the molecule is CCCCCCCC(COC=O)C(C)C. The number of hydrogen-bond donors (Lipinski definition) is 0. The second-order valence-corrected chi connectivity index (χ2v) is 4.64. The van der Waals surface area contributed by atoms with Crippen LogP contribution in [-0.2, 0) is 9.53 Å². The first-order valence-corrected chi connectivity index (χ1v) is 6.27. The minimum Gasteiger partial charge on any atom is -0.468 e. The molecule has 0 aliphatic carbocycles. The van der Waals surface area contributed by atoms with Gasteiger partial charge in [-0.1, -0.05) is 52.9 Å². The summed E-state index contributed by atoms with van der Waals surface area (Å²) in [5.74, 6) is 1.15. The summed E-state index contributed by atoms with van der Waals surface area (Å²) in [4.78, 5) is 10.1. The van der Waals surface area contributed by atoms with Crippen molar-refractivity contribution in [2.75, 3.05) is 6.61 Å². The summed E-state index contributed by atoms with van der Waals surface area (Å²) >= 11 is 0. The van der Waals surface area contributed by atoms with Crippen LogP contribution in [-0.4, -0.2) is 13.1 Å². The van der Waals surface area contributed by atoms with E-state index in [1.807, 2.05) is 0 Å². The molecule has 2 nitrogen and oxygen atoms in total. The molecule has 15 heavy (non-hydrogen) atoms. The van der Waals surface area contributed by atoms with Gasteiger partial charge in [-0.2, -0.15) is 0 Å². The van der Waals surface area contributed by atoms with Gasteiger partial charge in [-0.3, -0.25) is 4.79 Å². The molecule has 0 fully saturated rings. The van der Waals surface area contributed by atoms with E-state index in [2.05, 4.69) is 20.8 Å². The summed E-state index contributed by atoms with van der Waals surface area (Å²) in [6, 6.07) is 0. The molecular formula is C13H26O2. The molecule has 0 bridgehead atoms. The molecular weight excluding hydrogens is 188 g/mol. The molecule has 0 heterocycles. The van der Waals surface area contributed by atoms with Crippen LogP contribution in [0.3, 0.4) is 0 Å². The maximum atomic E-state index is 10.1. The third-order valence-electron chi connectivity index (χ3n) is 3.00. The summed E-state index contributed by atoms with van der Waals surface area (Å²) in [7, 11) is 0. The third kappa shape index (κ3) is 8.46. The van der Waals surface area contributed by atoms with Crippen LogP contribution in [0, 0.1) is 11.8 Å². The van der Waals surface area contributed by atoms with Gasteiger partial charge in [-0.15, -0.1) is 0 Å². The van der Waals surface area contributed by atoms with Crippen LogP contribution in [0.25, 0.3) is 0 Å². The molecule has 0 aromatic rings. The van der Waals surface area contributed by atoms with E-state index < -0.39 is 0 Å². The molecule has 0 aliphatic rings. The number of hydrogen-bond acceptors (Lipinski definition) is 2. The van der Waals surface area contributed by atoms with Gasteiger partial charge in [0, 0.05) is 0 Å². The van der Waals surface area contributed by atoms with Crippen molar-refractivity contribution in [1.82, 2.24) is 0 Å². The highest BCUT2D eigenvalue weighted by Gasteiger charge is 2.13. The lowest BCUT2D eigenvalue weighted by atomic mass is 9.91. The summed E-state index contributed by atoms with van der Waals surface area (Å²) in [5, 5.41) is 0. The zero-order chi connectivity index (χ0) is 11.5. The van der Waals surface area contributed by atoms with Gasteiger partial charge < -0.3 is 4.74 Å². The van der Waals surface area contributed by atoms with Crippen LogP contribution in [0.15, 0.2) is 0 Å². The van der Waals surface area contributed by atoms with Gasteiger partial charge in [-0.25, -0.2) is 0 Å². The zero-order valence-corrected chi connectivity index (χ0v) is 10.5. The molecule has 0 rings (SSSR count). The van der Waals surface area contributed by atoms with E-state index in [9.17, 15) is 4.79 Å². The predicted molar refractivity (Wildman–Crippen MR) is 63.7 cm³/mol. The highest BCUT2D eigenvalue weighted by molar-refractivity contribution is 5.36. The first kappa shape index (κ1) is 14.5. The molecule has 1 atom stereocenters. The monoisotopic (exact) mass is 214 g/mol. The number of unbranched alkanes of at least 4 members (excludes halogenated alkanes) is 4. The van der Waals surface area contributed by atoms with Gasteiger partial charge in [-0.05, 0) is 18.3 Å². The molecule has 0 radical (unpaired) electrons. The summed E-state index contributed by atoms with van der Waals surface area (Å²) in [6.45, 7) is 7.78. The third-order valence-corrected chi connectivity index (χ3v) is 3.00. The van der Waals surface area contributed by atoms with Crippen LogP contribution in [0.5, 0.6) is 0 Å². The van der Waals surface area contributed by atoms with Crippen molar-refractivity contribution in [2.24, 2.45) is 11.8 Å². The average Bonchev–Trinajstić information content (AvgIpc) is 2.21. The van der Waals surface area contributed by atoms with E-state index in [1.165, 1.54) is 38.5 Å². The quantitative estimate of drug-likeness (QED) is 0.408. The lowest BCUT2D eigenvalue weighted by Gasteiger charge is -2.19. The largest absolute Gasteiger partial charge is 0.468 e. The van der Waals surface area contributed by atoms with Crippen LogP contribution in [0.2, 0.25) is 0 Å². The first-order chi connectivity index (χ1) is 7.22. The normalized spacial score (nSPS) is 12.8. The van der Waals surface area contributed by atoms with Crippen LogP contribution < -0.4 is 0 Å².